The van der Waals surface area contributed by atoms with Crippen molar-refractivity contribution in [2.24, 2.45) is 17.8 Å². The molecule has 46 heavy (non-hydrogen) atoms. The second kappa shape index (κ2) is 14.3. The maximum atomic E-state index is 15.8. The number of aliphatic hydroxyl groups excluding tert-OH is 1. The maximum absolute atomic E-state index is 15.8. The second-order valence-electron chi connectivity index (χ2n) is 13.6. The highest BCUT2D eigenvalue weighted by Crippen LogP contribution is 2.41. The summed E-state index contributed by atoms with van der Waals surface area (Å²) >= 11 is 0. The molecular weight excluding hydrogens is 610 g/mol. The molecule has 3 aliphatic rings. The Morgan fingerprint density at radius 1 is 1.11 bits per heavy atom. The Labute approximate surface area is 269 Å². The number of esters is 1. The van der Waals surface area contributed by atoms with E-state index in [2.05, 4.69) is 11.9 Å². The number of aliphatic hydroxyl groups is 1. The summed E-state index contributed by atoms with van der Waals surface area (Å²) in [4.78, 5) is 55.0. The number of nitrogens with zero attached hydrogens (tertiary/aromatic N) is 1. The van der Waals surface area contributed by atoms with E-state index in [1.165, 1.54) is 33.8 Å². The molecule has 1 amide bonds. The molecule has 262 valence electrons. The predicted octanol–water partition coefficient (Wildman–Crippen LogP) is 3.03. The molecule has 3 heterocycles. The molecule has 0 aromatic carbocycles. The topological polar surface area (TPSA) is 150 Å². The quantitative estimate of drug-likeness (QED) is 0.236. The molecular formula is C32H50F2N2O10. The van der Waals surface area contributed by atoms with Crippen molar-refractivity contribution < 1.29 is 56.7 Å². The summed E-state index contributed by atoms with van der Waals surface area (Å²) in [5.74, 6) is -12.4. The van der Waals surface area contributed by atoms with Crippen LogP contribution in [0.1, 0.15) is 67.7 Å². The molecule has 0 aromatic rings. The van der Waals surface area contributed by atoms with Crippen LogP contribution in [0.2, 0.25) is 0 Å². The van der Waals surface area contributed by atoms with Gasteiger partial charge in [-0.1, -0.05) is 33.8 Å². The molecule has 12 nitrogen and oxygen atoms in total. The van der Waals surface area contributed by atoms with Crippen LogP contribution >= 0.6 is 0 Å². The summed E-state index contributed by atoms with van der Waals surface area (Å²) < 4.78 is 60.7. The number of carbonyl (C=O) groups is 4. The summed E-state index contributed by atoms with van der Waals surface area (Å²) in [5.41, 5.74) is -3.34. The summed E-state index contributed by atoms with van der Waals surface area (Å²) in [7, 11) is 3.53. The van der Waals surface area contributed by atoms with E-state index in [1.54, 1.807) is 39.8 Å². The predicted molar refractivity (Wildman–Crippen MR) is 161 cm³/mol. The van der Waals surface area contributed by atoms with Gasteiger partial charge in [0.05, 0.1) is 36.4 Å². The first-order valence-electron chi connectivity index (χ1n) is 15.8. The smallest absolute Gasteiger partial charge is 0.408 e. The minimum atomic E-state index is -4.65. The lowest BCUT2D eigenvalue weighted by Gasteiger charge is -2.47. The molecule has 0 bridgehead atoms. The molecule has 0 saturated carbocycles. The number of nitrogens with one attached hydrogen (secondary N) is 1. The van der Waals surface area contributed by atoms with E-state index in [9.17, 15) is 24.3 Å². The monoisotopic (exact) mass is 660 g/mol. The van der Waals surface area contributed by atoms with Crippen LogP contribution in [0.5, 0.6) is 0 Å². The molecule has 3 rings (SSSR count). The number of alkyl halides is 2. The van der Waals surface area contributed by atoms with Crippen LogP contribution in [0.25, 0.3) is 0 Å². The van der Waals surface area contributed by atoms with Crippen LogP contribution in [0.15, 0.2) is 12.7 Å². The van der Waals surface area contributed by atoms with Gasteiger partial charge in [0.1, 0.15) is 18.0 Å². The second-order valence-corrected chi connectivity index (χ2v) is 13.6. The Morgan fingerprint density at radius 2 is 1.74 bits per heavy atom. The number of alkyl carbamates (subject to hydrolysis) is 1. The minimum Gasteiger partial charge on any atom is -0.453 e. The summed E-state index contributed by atoms with van der Waals surface area (Å²) in [6, 6.07) is -1.48. The summed E-state index contributed by atoms with van der Waals surface area (Å²) in [6.07, 6.45) is -5.24. The first-order valence-corrected chi connectivity index (χ1v) is 15.8. The molecule has 3 aliphatic heterocycles. The fourth-order valence-electron chi connectivity index (χ4n) is 7.20. The zero-order valence-corrected chi connectivity index (χ0v) is 28.2. The van der Waals surface area contributed by atoms with Crippen LogP contribution in [-0.4, -0.2) is 114 Å². The van der Waals surface area contributed by atoms with Crippen molar-refractivity contribution in [1.29, 1.82) is 0 Å². The molecule has 3 saturated heterocycles. The number of hydrogen-bond acceptors (Lipinski definition) is 11. The SMILES string of the molecule is C=CCO[C@@]1(C)C[C@@H](C)C(=O)[C@H](C)[C@H]2NC(=O)O[C@]2(C)[C@@H](CC)OC(=O)C(F)(F)C(=O)[C@H](C)[C@H]1O[C@@H]1O[C@H](C)C[C@H](N(C)C)[C@H]1O. The minimum absolute atomic E-state index is 0.0642. The Bertz CT molecular complexity index is 1170. The van der Waals surface area contributed by atoms with Crippen molar-refractivity contribution in [3.63, 3.8) is 0 Å². The first-order chi connectivity index (χ1) is 21.2. The van der Waals surface area contributed by atoms with Crippen molar-refractivity contribution in [3.05, 3.63) is 12.7 Å². The van der Waals surface area contributed by atoms with E-state index in [4.69, 9.17) is 23.7 Å². The van der Waals surface area contributed by atoms with E-state index in [-0.39, 0.29) is 25.2 Å². The number of likely N-dealkylation sites (N-methyl/N-ethyl adjacent to an activating group) is 1. The maximum Gasteiger partial charge on any atom is 0.408 e. The number of carbonyl (C=O) groups excluding carboxylic acids is 4. The molecule has 14 heteroatoms. The van der Waals surface area contributed by atoms with Gasteiger partial charge < -0.3 is 39.0 Å². The highest BCUT2D eigenvalue weighted by Gasteiger charge is 2.61. The van der Waals surface area contributed by atoms with E-state index in [0.29, 0.717) is 6.42 Å². The van der Waals surface area contributed by atoms with Gasteiger partial charge in [-0.25, -0.2) is 9.59 Å². The molecule has 0 unspecified atom stereocenters. The number of amides is 1. The third-order valence-electron chi connectivity index (χ3n) is 9.73. The Kier molecular flexibility index (Phi) is 11.8. The number of hydrogen-bond donors (Lipinski definition) is 2. The highest BCUT2D eigenvalue weighted by molar-refractivity contribution is 6.06. The summed E-state index contributed by atoms with van der Waals surface area (Å²) in [6.45, 7) is 14.1. The van der Waals surface area contributed by atoms with Crippen LogP contribution in [0.4, 0.5) is 13.6 Å². The van der Waals surface area contributed by atoms with Crippen LogP contribution in [0, 0.1) is 17.8 Å². The Morgan fingerprint density at radius 3 is 2.30 bits per heavy atom. The van der Waals surface area contributed by atoms with Crippen molar-refractivity contribution in [2.75, 3.05) is 20.7 Å². The van der Waals surface area contributed by atoms with E-state index in [0.717, 1.165) is 0 Å². The zero-order chi connectivity index (χ0) is 34.9. The normalized spacial score (nSPS) is 42.5. The van der Waals surface area contributed by atoms with Crippen molar-refractivity contribution in [3.8, 4) is 0 Å². The number of halogens is 2. The third kappa shape index (κ3) is 7.30. The van der Waals surface area contributed by atoms with Gasteiger partial charge in [0, 0.05) is 17.9 Å². The lowest BCUT2D eigenvalue weighted by atomic mass is 9.74. The number of Topliss-reactive ketones (excluding diaryl/α,β-unsaturated/α-hetero) is 2. The number of cyclic esters (lactones) is 1. The fourth-order valence-corrected chi connectivity index (χ4v) is 7.20. The van der Waals surface area contributed by atoms with Crippen molar-refractivity contribution in [1.82, 2.24) is 10.2 Å². The Hall–Kier alpha value is -2.52. The molecule has 0 spiro atoms. The van der Waals surface area contributed by atoms with Crippen LogP contribution in [-0.2, 0) is 38.1 Å². The van der Waals surface area contributed by atoms with Gasteiger partial charge in [0.2, 0.25) is 5.78 Å². The third-order valence-corrected chi connectivity index (χ3v) is 9.73. The lowest BCUT2D eigenvalue weighted by molar-refractivity contribution is -0.297. The lowest BCUT2D eigenvalue weighted by Crippen LogP contribution is -2.61. The van der Waals surface area contributed by atoms with E-state index in [1.807, 2.05) is 0 Å². The molecule has 2 N–H and O–H groups in total. The standard InChI is InChI=1S/C32H50F2N2O10/c1-11-13-42-30(7)15-16(3)22(37)18(5)24-31(8,46-29(41)35-24)21(12-2)44-28(40)32(33,34)25(39)19(6)26(30)45-27-23(38)20(36(9)10)14-17(4)43-27/h11,16-21,23-24,26-27,38H,1,12-15H2,2-10H3,(H,35,41)/t16-,17-,18+,19+,20+,21-,23-,24-,26-,27+,30+,31-/m1/s1. The largest absolute Gasteiger partial charge is 0.453 e. The average molecular weight is 661 g/mol. The first kappa shape index (κ1) is 37.9. The van der Waals surface area contributed by atoms with Gasteiger partial charge in [0.25, 0.3) is 0 Å². The van der Waals surface area contributed by atoms with Gasteiger partial charge in [0.15, 0.2) is 11.9 Å². The highest BCUT2D eigenvalue weighted by atomic mass is 19.3. The van der Waals surface area contributed by atoms with E-state index >= 15 is 8.78 Å². The number of fused-ring (bicyclic) bond motifs is 1. The molecule has 0 aliphatic carbocycles. The van der Waals surface area contributed by atoms with Gasteiger partial charge in [-0.2, -0.15) is 8.78 Å². The van der Waals surface area contributed by atoms with Gasteiger partial charge in [-0.15, -0.1) is 6.58 Å². The van der Waals surface area contributed by atoms with Gasteiger partial charge in [-0.3, -0.25) is 9.59 Å². The van der Waals surface area contributed by atoms with Crippen LogP contribution in [0.3, 0.4) is 0 Å². The molecule has 0 radical (unpaired) electrons. The Balaban J connectivity index is 2.18. The van der Waals surface area contributed by atoms with Gasteiger partial charge in [-0.05, 0) is 54.1 Å². The fraction of sp³-hybridized carbons (Fsp3) is 0.812. The average Bonchev–Trinajstić information content (AvgIpc) is 3.30. The van der Waals surface area contributed by atoms with Crippen molar-refractivity contribution in [2.45, 2.75) is 128 Å². The number of ketones is 2. The molecule has 3 fully saturated rings. The number of ether oxygens (including phenoxy) is 5. The zero-order valence-electron chi connectivity index (χ0n) is 28.2. The number of rotatable bonds is 7. The molecule has 0 aromatic heterocycles. The summed E-state index contributed by atoms with van der Waals surface area (Å²) in [5, 5.41) is 13.8. The molecule has 12 atom stereocenters. The van der Waals surface area contributed by atoms with E-state index < -0.39 is 95.5 Å². The van der Waals surface area contributed by atoms with Gasteiger partial charge >= 0.3 is 18.0 Å². The van der Waals surface area contributed by atoms with Crippen LogP contribution < -0.4 is 5.32 Å². The van der Waals surface area contributed by atoms with Crippen molar-refractivity contribution >= 4 is 23.6 Å².